The lowest BCUT2D eigenvalue weighted by atomic mass is 10.3. The summed E-state index contributed by atoms with van der Waals surface area (Å²) in [5.74, 6) is 1.66. The van der Waals surface area contributed by atoms with Gasteiger partial charge in [-0.05, 0) is 36.4 Å². The molecular formula is C17H13FN4O2S. The maximum Gasteiger partial charge on any atom is 0.234 e. The second-order valence-corrected chi connectivity index (χ2v) is 6.19. The molecule has 0 unspecified atom stereocenters. The van der Waals surface area contributed by atoms with Crippen LogP contribution in [-0.4, -0.2) is 19.8 Å². The third-order valence-corrected chi connectivity index (χ3v) is 4.26. The van der Waals surface area contributed by atoms with E-state index in [-0.39, 0.29) is 19.0 Å². The quantitative estimate of drug-likeness (QED) is 0.529. The summed E-state index contributed by atoms with van der Waals surface area (Å²) in [6, 6.07) is 15.4. The molecule has 0 aliphatic rings. The van der Waals surface area contributed by atoms with Crippen LogP contribution in [0, 0.1) is 5.82 Å². The molecule has 2 aromatic heterocycles. The van der Waals surface area contributed by atoms with Crippen LogP contribution < -0.4 is 9.47 Å². The molecule has 0 aliphatic carbocycles. The van der Waals surface area contributed by atoms with E-state index < -0.39 is 0 Å². The minimum absolute atomic E-state index is 0.271. The Morgan fingerprint density at radius 1 is 0.880 bits per heavy atom. The second kappa shape index (κ2) is 6.86. The maximum atomic E-state index is 12.9. The predicted octanol–water partition coefficient (Wildman–Crippen LogP) is 3.48. The fourth-order valence-corrected chi connectivity index (χ4v) is 2.95. The summed E-state index contributed by atoms with van der Waals surface area (Å²) in [5.41, 5.74) is 0. The molecule has 8 heteroatoms. The summed E-state index contributed by atoms with van der Waals surface area (Å²) in [6.45, 7) is 0.547. The van der Waals surface area contributed by atoms with E-state index in [0.717, 1.165) is 10.8 Å². The first kappa shape index (κ1) is 15.5. The third-order valence-electron chi connectivity index (χ3n) is 3.38. The molecular weight excluding hydrogens is 343 g/mol. The van der Waals surface area contributed by atoms with Crippen molar-refractivity contribution in [2.24, 2.45) is 0 Å². The van der Waals surface area contributed by atoms with Crippen LogP contribution in [-0.2, 0) is 13.2 Å². The fourth-order valence-electron chi connectivity index (χ4n) is 2.19. The van der Waals surface area contributed by atoms with E-state index in [1.807, 2.05) is 30.3 Å². The Labute approximate surface area is 146 Å². The molecule has 0 aliphatic heterocycles. The molecule has 0 fully saturated rings. The number of para-hydroxylation sites is 1. The molecule has 0 N–H and O–H groups in total. The molecule has 0 atom stereocenters. The van der Waals surface area contributed by atoms with Gasteiger partial charge >= 0.3 is 0 Å². The number of halogens is 1. The summed E-state index contributed by atoms with van der Waals surface area (Å²) >= 11 is 1.39. The van der Waals surface area contributed by atoms with E-state index in [1.165, 1.54) is 23.5 Å². The Kier molecular flexibility index (Phi) is 4.26. The van der Waals surface area contributed by atoms with Gasteiger partial charge in [0.25, 0.3) is 0 Å². The lowest BCUT2D eigenvalue weighted by molar-refractivity contribution is 0.290. The van der Waals surface area contributed by atoms with Gasteiger partial charge in [0.2, 0.25) is 4.96 Å². The van der Waals surface area contributed by atoms with Gasteiger partial charge in [0, 0.05) is 0 Å². The summed E-state index contributed by atoms with van der Waals surface area (Å²) in [6.07, 6.45) is 0. The molecule has 25 heavy (non-hydrogen) atoms. The first-order valence-corrected chi connectivity index (χ1v) is 8.36. The standard InChI is InChI=1S/C17H13FN4O2S/c18-12-6-8-14(9-7-12)24-11-16-21-22-15(19-20-17(22)25-16)10-23-13-4-2-1-3-5-13/h1-9H,10-11H2. The number of ether oxygens (including phenoxy) is 2. The van der Waals surface area contributed by atoms with Crippen LogP contribution in [0.2, 0.25) is 0 Å². The molecule has 6 nitrogen and oxygen atoms in total. The first-order valence-electron chi connectivity index (χ1n) is 7.54. The van der Waals surface area contributed by atoms with Gasteiger partial charge < -0.3 is 9.47 Å². The van der Waals surface area contributed by atoms with Crippen LogP contribution >= 0.6 is 11.3 Å². The monoisotopic (exact) mass is 356 g/mol. The zero-order chi connectivity index (χ0) is 17.1. The number of benzene rings is 2. The lowest BCUT2D eigenvalue weighted by Gasteiger charge is -2.03. The Balaban J connectivity index is 1.43. The van der Waals surface area contributed by atoms with Crippen LogP contribution in [0.1, 0.15) is 10.8 Å². The van der Waals surface area contributed by atoms with Gasteiger partial charge in [-0.25, -0.2) is 4.39 Å². The second-order valence-electron chi connectivity index (χ2n) is 5.15. The van der Waals surface area contributed by atoms with E-state index in [4.69, 9.17) is 9.47 Å². The van der Waals surface area contributed by atoms with Crippen LogP contribution in [0.3, 0.4) is 0 Å². The van der Waals surface area contributed by atoms with Gasteiger partial charge in [0.15, 0.2) is 10.8 Å². The van der Waals surface area contributed by atoms with Crippen molar-refractivity contribution in [1.29, 1.82) is 0 Å². The van der Waals surface area contributed by atoms with Crippen molar-refractivity contribution >= 4 is 16.3 Å². The average Bonchev–Trinajstić information content (AvgIpc) is 3.21. The molecule has 126 valence electrons. The zero-order valence-corrected chi connectivity index (χ0v) is 13.8. The lowest BCUT2D eigenvalue weighted by Crippen LogP contribution is -2.03. The first-order chi connectivity index (χ1) is 12.3. The van der Waals surface area contributed by atoms with E-state index in [2.05, 4.69) is 15.3 Å². The van der Waals surface area contributed by atoms with Crippen LogP contribution in [0.15, 0.2) is 54.6 Å². The highest BCUT2D eigenvalue weighted by Gasteiger charge is 2.12. The number of hydrogen-bond donors (Lipinski definition) is 0. The van der Waals surface area contributed by atoms with Gasteiger partial charge in [-0.2, -0.15) is 9.61 Å². The highest BCUT2D eigenvalue weighted by atomic mass is 32.1. The SMILES string of the molecule is Fc1ccc(OCc2nn3c(COc4ccccc4)nnc3s2)cc1. The van der Waals surface area contributed by atoms with Crippen LogP contribution in [0.25, 0.3) is 4.96 Å². The minimum Gasteiger partial charge on any atom is -0.486 e. The number of aromatic nitrogens is 4. The zero-order valence-electron chi connectivity index (χ0n) is 13.0. The third kappa shape index (κ3) is 3.58. The van der Waals surface area contributed by atoms with Gasteiger partial charge in [-0.3, -0.25) is 0 Å². The summed E-state index contributed by atoms with van der Waals surface area (Å²) < 4.78 is 25.8. The maximum absolute atomic E-state index is 12.9. The molecule has 4 rings (SSSR count). The van der Waals surface area contributed by atoms with Crippen LogP contribution in [0.5, 0.6) is 11.5 Å². The highest BCUT2D eigenvalue weighted by Crippen LogP contribution is 2.18. The summed E-state index contributed by atoms with van der Waals surface area (Å²) in [4.78, 5) is 0.671. The van der Waals surface area contributed by atoms with Crippen LogP contribution in [0.4, 0.5) is 4.39 Å². The normalized spacial score (nSPS) is 10.9. The Morgan fingerprint density at radius 3 is 2.40 bits per heavy atom. The van der Waals surface area contributed by atoms with Crippen molar-refractivity contribution in [2.75, 3.05) is 0 Å². The average molecular weight is 356 g/mol. The van der Waals surface area contributed by atoms with Gasteiger partial charge in [-0.1, -0.05) is 29.5 Å². The Hall–Kier alpha value is -3.00. The van der Waals surface area contributed by atoms with Crippen molar-refractivity contribution in [3.8, 4) is 11.5 Å². The Morgan fingerprint density at radius 2 is 1.60 bits per heavy atom. The Bertz CT molecular complexity index is 969. The molecule has 0 saturated carbocycles. The van der Waals surface area contributed by atoms with E-state index in [1.54, 1.807) is 16.6 Å². The smallest absolute Gasteiger partial charge is 0.234 e. The van der Waals surface area contributed by atoms with Crippen molar-refractivity contribution in [2.45, 2.75) is 13.2 Å². The van der Waals surface area contributed by atoms with E-state index in [0.29, 0.717) is 16.5 Å². The van der Waals surface area contributed by atoms with Gasteiger partial charge in [-0.15, -0.1) is 10.2 Å². The van der Waals surface area contributed by atoms with Crippen molar-refractivity contribution < 1.29 is 13.9 Å². The molecule has 0 radical (unpaired) electrons. The number of fused-ring (bicyclic) bond motifs is 1. The molecule has 0 bridgehead atoms. The van der Waals surface area contributed by atoms with Gasteiger partial charge in [0.1, 0.15) is 30.5 Å². The minimum atomic E-state index is -0.297. The predicted molar refractivity (Wildman–Crippen MR) is 90.2 cm³/mol. The number of hydrogen-bond acceptors (Lipinski definition) is 6. The summed E-state index contributed by atoms with van der Waals surface area (Å²) in [5, 5.41) is 13.4. The molecule has 2 aromatic carbocycles. The largest absolute Gasteiger partial charge is 0.486 e. The molecule has 4 aromatic rings. The summed E-state index contributed by atoms with van der Waals surface area (Å²) in [7, 11) is 0. The van der Waals surface area contributed by atoms with E-state index in [9.17, 15) is 4.39 Å². The molecule has 2 heterocycles. The van der Waals surface area contributed by atoms with Crippen molar-refractivity contribution in [3.63, 3.8) is 0 Å². The van der Waals surface area contributed by atoms with Crippen molar-refractivity contribution in [1.82, 2.24) is 19.8 Å². The van der Waals surface area contributed by atoms with Crippen molar-refractivity contribution in [3.05, 3.63) is 71.2 Å². The van der Waals surface area contributed by atoms with Gasteiger partial charge in [0.05, 0.1) is 0 Å². The molecule has 0 saturated heterocycles. The number of rotatable bonds is 6. The number of nitrogens with zero attached hydrogens (tertiary/aromatic N) is 4. The fraction of sp³-hybridized carbons (Fsp3) is 0.118. The van der Waals surface area contributed by atoms with E-state index >= 15 is 0 Å². The molecule has 0 amide bonds. The topological polar surface area (TPSA) is 61.5 Å². The molecule has 0 spiro atoms. The highest BCUT2D eigenvalue weighted by molar-refractivity contribution is 7.16.